The molecule has 4 amide bonds. The van der Waals surface area contributed by atoms with E-state index in [0.717, 1.165) is 5.56 Å². The van der Waals surface area contributed by atoms with Gasteiger partial charge in [-0.3, -0.25) is 14.9 Å². The fraction of sp³-hybridized carbons (Fsp3) is 0.238. The summed E-state index contributed by atoms with van der Waals surface area (Å²) in [5.74, 6) is -0.121. The molecule has 0 saturated carbocycles. The summed E-state index contributed by atoms with van der Waals surface area (Å²) in [6, 6.07) is 10.3. The lowest BCUT2D eigenvalue weighted by molar-refractivity contribution is 0.0515. The smallest absolute Gasteiger partial charge is 0.325 e. The molecule has 3 heterocycles. The van der Waals surface area contributed by atoms with E-state index >= 15 is 0 Å². The Morgan fingerprint density at radius 2 is 1.65 bits per heavy atom. The van der Waals surface area contributed by atoms with Crippen molar-refractivity contribution < 1.29 is 18.8 Å². The van der Waals surface area contributed by atoms with Crippen molar-refractivity contribution in [2.45, 2.75) is 6.92 Å². The molecule has 0 atom stereocenters. The quantitative estimate of drug-likeness (QED) is 0.649. The number of carbonyl (C=O) groups excluding carboxylic acids is 3. The maximum Gasteiger partial charge on any atom is 0.325 e. The average Bonchev–Trinajstić information content (AvgIpc) is 3.47. The predicted octanol–water partition coefficient (Wildman–Crippen LogP) is 3.29. The Kier molecular flexibility index (Phi) is 5.99. The summed E-state index contributed by atoms with van der Waals surface area (Å²) in [6.45, 7) is 3.60. The molecule has 0 radical (unpaired) electrons. The number of hydrogen-bond donors (Lipinski definition) is 2. The number of benzene rings is 1. The Balaban J connectivity index is 1.29. The summed E-state index contributed by atoms with van der Waals surface area (Å²) in [5, 5.41) is 7.31. The highest BCUT2D eigenvalue weighted by Crippen LogP contribution is 2.19. The van der Waals surface area contributed by atoms with Crippen LogP contribution in [0.4, 0.5) is 15.6 Å². The fourth-order valence-corrected chi connectivity index (χ4v) is 3.84. The molecule has 1 aromatic carbocycles. The van der Waals surface area contributed by atoms with Gasteiger partial charge in [-0.05, 0) is 31.2 Å². The number of aryl methyl sites for hydroxylation is 1. The van der Waals surface area contributed by atoms with Gasteiger partial charge in [0.1, 0.15) is 5.69 Å². The topological polar surface area (TPSA) is 108 Å². The zero-order valence-electron chi connectivity index (χ0n) is 16.8. The van der Waals surface area contributed by atoms with Gasteiger partial charge in [0.05, 0.1) is 6.26 Å². The molecule has 0 unspecified atom stereocenters. The standard InChI is InChI=1S/C21H21N5O4S/c1-14-4-6-15(7-5-14)22-20(29)24-21-23-16(13-31-21)18(27)25-8-10-26(11-9-25)19(28)17-3-2-12-30-17/h2-7,12-13H,8-11H2,1H3,(H2,22,23,24,29). The van der Waals surface area contributed by atoms with Crippen LogP contribution in [-0.4, -0.2) is 58.8 Å². The van der Waals surface area contributed by atoms with Crippen LogP contribution in [0.1, 0.15) is 26.6 Å². The fourth-order valence-electron chi connectivity index (χ4n) is 3.16. The molecular formula is C21H21N5O4S. The van der Waals surface area contributed by atoms with Crippen LogP contribution >= 0.6 is 11.3 Å². The summed E-state index contributed by atoms with van der Waals surface area (Å²) < 4.78 is 5.15. The Bertz CT molecular complexity index is 1070. The first kappa shape index (κ1) is 20.6. The third-order valence-electron chi connectivity index (χ3n) is 4.84. The van der Waals surface area contributed by atoms with Gasteiger partial charge in [-0.2, -0.15) is 0 Å². The number of nitrogens with one attached hydrogen (secondary N) is 2. The maximum atomic E-state index is 12.7. The number of piperazine rings is 1. The van der Waals surface area contributed by atoms with Gasteiger partial charge in [0.2, 0.25) is 0 Å². The van der Waals surface area contributed by atoms with E-state index in [0.29, 0.717) is 42.8 Å². The number of rotatable bonds is 4. The molecule has 1 aliphatic rings. The Morgan fingerprint density at radius 1 is 0.968 bits per heavy atom. The van der Waals surface area contributed by atoms with E-state index in [1.807, 2.05) is 31.2 Å². The van der Waals surface area contributed by atoms with Crippen molar-refractivity contribution >= 4 is 40.0 Å². The number of hydrogen-bond acceptors (Lipinski definition) is 6. The zero-order chi connectivity index (χ0) is 21.8. The van der Waals surface area contributed by atoms with Crippen molar-refractivity contribution in [3.63, 3.8) is 0 Å². The molecule has 2 N–H and O–H groups in total. The highest BCUT2D eigenvalue weighted by Gasteiger charge is 2.27. The van der Waals surface area contributed by atoms with E-state index in [4.69, 9.17) is 4.42 Å². The minimum atomic E-state index is -0.428. The second-order valence-electron chi connectivity index (χ2n) is 7.04. The summed E-state index contributed by atoms with van der Waals surface area (Å²) in [4.78, 5) is 44.8. The average molecular weight is 439 g/mol. The first-order valence-electron chi connectivity index (χ1n) is 9.72. The number of thiazole rings is 1. The van der Waals surface area contributed by atoms with Crippen LogP contribution in [-0.2, 0) is 0 Å². The third-order valence-corrected chi connectivity index (χ3v) is 5.60. The first-order chi connectivity index (χ1) is 15.0. The number of furan rings is 1. The van der Waals surface area contributed by atoms with Crippen molar-refractivity contribution in [1.82, 2.24) is 14.8 Å². The Labute approximate surface area is 182 Å². The van der Waals surface area contributed by atoms with E-state index in [1.165, 1.54) is 17.6 Å². The van der Waals surface area contributed by atoms with Gasteiger partial charge in [-0.15, -0.1) is 11.3 Å². The summed E-state index contributed by atoms with van der Waals surface area (Å²) in [6.07, 6.45) is 1.46. The molecule has 0 aliphatic carbocycles. The predicted molar refractivity (Wildman–Crippen MR) is 116 cm³/mol. The molecule has 31 heavy (non-hydrogen) atoms. The van der Waals surface area contributed by atoms with Crippen LogP contribution in [0.15, 0.2) is 52.5 Å². The molecule has 2 aromatic heterocycles. The lowest BCUT2D eigenvalue weighted by Crippen LogP contribution is -2.50. The van der Waals surface area contributed by atoms with Gasteiger partial charge in [-0.25, -0.2) is 9.78 Å². The van der Waals surface area contributed by atoms with E-state index in [1.54, 1.807) is 27.3 Å². The number of carbonyl (C=O) groups is 3. The number of amides is 4. The van der Waals surface area contributed by atoms with Crippen molar-refractivity contribution in [1.29, 1.82) is 0 Å². The van der Waals surface area contributed by atoms with Gasteiger partial charge in [0, 0.05) is 37.2 Å². The van der Waals surface area contributed by atoms with Crippen LogP contribution in [0.3, 0.4) is 0 Å². The molecule has 10 heteroatoms. The molecule has 3 aromatic rings. The van der Waals surface area contributed by atoms with Crippen molar-refractivity contribution in [2.24, 2.45) is 0 Å². The Hall–Kier alpha value is -3.66. The first-order valence-corrected chi connectivity index (χ1v) is 10.6. The molecule has 0 spiro atoms. The minimum absolute atomic E-state index is 0.183. The number of aromatic nitrogens is 1. The van der Waals surface area contributed by atoms with Crippen molar-refractivity contribution in [2.75, 3.05) is 36.8 Å². The lowest BCUT2D eigenvalue weighted by Gasteiger charge is -2.33. The monoisotopic (exact) mass is 439 g/mol. The largest absolute Gasteiger partial charge is 0.459 e. The molecule has 160 valence electrons. The van der Waals surface area contributed by atoms with Gasteiger partial charge in [-0.1, -0.05) is 17.7 Å². The molecule has 1 aliphatic heterocycles. The molecular weight excluding hydrogens is 418 g/mol. The number of anilines is 2. The van der Waals surface area contributed by atoms with Crippen LogP contribution in [0.25, 0.3) is 0 Å². The number of nitrogens with zero attached hydrogens (tertiary/aromatic N) is 3. The number of urea groups is 1. The molecule has 1 fully saturated rings. The molecule has 1 saturated heterocycles. The van der Waals surface area contributed by atoms with Gasteiger partial charge >= 0.3 is 6.03 Å². The van der Waals surface area contributed by atoms with Crippen LogP contribution in [0.2, 0.25) is 0 Å². The maximum absolute atomic E-state index is 12.7. The second-order valence-corrected chi connectivity index (χ2v) is 7.90. The molecule has 9 nitrogen and oxygen atoms in total. The highest BCUT2D eigenvalue weighted by molar-refractivity contribution is 7.14. The van der Waals surface area contributed by atoms with Crippen molar-refractivity contribution in [3.05, 3.63) is 65.1 Å². The van der Waals surface area contributed by atoms with Crippen LogP contribution < -0.4 is 10.6 Å². The van der Waals surface area contributed by atoms with E-state index < -0.39 is 6.03 Å². The highest BCUT2D eigenvalue weighted by atomic mass is 32.1. The third kappa shape index (κ3) is 4.92. The van der Waals surface area contributed by atoms with E-state index in [9.17, 15) is 14.4 Å². The minimum Gasteiger partial charge on any atom is -0.459 e. The normalized spacial score (nSPS) is 13.7. The summed E-state index contributed by atoms with van der Waals surface area (Å²) in [5.41, 5.74) is 2.03. The second kappa shape index (κ2) is 9.00. The van der Waals surface area contributed by atoms with Gasteiger partial charge in [0.25, 0.3) is 11.8 Å². The lowest BCUT2D eigenvalue weighted by atomic mass is 10.2. The van der Waals surface area contributed by atoms with Gasteiger partial charge in [0.15, 0.2) is 10.9 Å². The van der Waals surface area contributed by atoms with Crippen LogP contribution in [0.5, 0.6) is 0 Å². The van der Waals surface area contributed by atoms with Gasteiger partial charge < -0.3 is 19.5 Å². The summed E-state index contributed by atoms with van der Waals surface area (Å²) in [7, 11) is 0. The van der Waals surface area contributed by atoms with Crippen LogP contribution in [0, 0.1) is 6.92 Å². The Morgan fingerprint density at radius 3 is 2.29 bits per heavy atom. The SMILES string of the molecule is Cc1ccc(NC(=O)Nc2nc(C(=O)N3CCN(C(=O)c4ccco4)CC3)cs2)cc1. The molecule has 4 rings (SSSR count). The zero-order valence-corrected chi connectivity index (χ0v) is 17.6. The van der Waals surface area contributed by atoms with E-state index in [2.05, 4.69) is 15.6 Å². The summed E-state index contributed by atoms with van der Waals surface area (Å²) >= 11 is 1.18. The van der Waals surface area contributed by atoms with E-state index in [-0.39, 0.29) is 17.5 Å². The van der Waals surface area contributed by atoms with Crippen molar-refractivity contribution in [3.8, 4) is 0 Å². The molecule has 0 bridgehead atoms.